The van der Waals surface area contributed by atoms with E-state index in [1.165, 1.54) is 38.9 Å². The van der Waals surface area contributed by atoms with Gasteiger partial charge in [0.2, 0.25) is 0 Å². The van der Waals surface area contributed by atoms with Gasteiger partial charge in [-0.25, -0.2) is 6.08 Å². The fraction of sp³-hybridized carbons (Fsp3) is 0.261. The summed E-state index contributed by atoms with van der Waals surface area (Å²) in [7, 11) is -0.136. The molecule has 1 unspecified atom stereocenters. The van der Waals surface area contributed by atoms with Crippen molar-refractivity contribution in [2.45, 2.75) is 40.3 Å². The number of benzene rings is 1. The molecule has 4 heteroatoms. The third kappa shape index (κ3) is 5.55. The SMILES string of the molecule is Cc1c(C)c(C)[c-](C)c1C.[C-]1=Cc2ccccc2C1p1cccc1.[Cl-].[Cl-].[Zr+4]. The molecule has 3 aromatic rings. The zero-order valence-electron chi connectivity index (χ0n) is 16.5. The molecule has 1 aliphatic rings. The molecule has 1 atom stereocenters. The van der Waals surface area contributed by atoms with Crippen LogP contribution in [0.25, 0.3) is 6.08 Å². The Morgan fingerprint density at radius 1 is 0.852 bits per heavy atom. The van der Waals surface area contributed by atoms with E-state index in [0.29, 0.717) is 5.66 Å². The van der Waals surface area contributed by atoms with Crippen LogP contribution in [0, 0.1) is 40.7 Å². The second kappa shape index (κ2) is 11.5. The fourth-order valence-corrected chi connectivity index (χ4v) is 5.17. The summed E-state index contributed by atoms with van der Waals surface area (Å²) < 4.78 is 0. The predicted octanol–water partition coefficient (Wildman–Crippen LogP) is 1.05. The van der Waals surface area contributed by atoms with Gasteiger partial charge in [0.15, 0.2) is 0 Å². The topological polar surface area (TPSA) is 0 Å². The van der Waals surface area contributed by atoms with Gasteiger partial charge in [0.05, 0.1) is 0 Å². The van der Waals surface area contributed by atoms with Crippen LogP contribution in [0.1, 0.15) is 44.6 Å². The molecule has 4 rings (SSSR count). The molecule has 0 saturated carbocycles. The van der Waals surface area contributed by atoms with Crippen LogP contribution < -0.4 is 24.8 Å². The van der Waals surface area contributed by atoms with E-state index >= 15 is 0 Å². The average Bonchev–Trinajstić information content (AvgIpc) is 3.30. The van der Waals surface area contributed by atoms with E-state index in [2.05, 4.69) is 94.8 Å². The van der Waals surface area contributed by atoms with E-state index < -0.39 is 0 Å². The van der Waals surface area contributed by atoms with Gasteiger partial charge in [-0.1, -0.05) is 65.0 Å². The van der Waals surface area contributed by atoms with Crippen molar-refractivity contribution < 1.29 is 51.0 Å². The molecule has 0 radical (unpaired) electrons. The molecular weight excluding hydrogens is 469 g/mol. The first-order chi connectivity index (χ1) is 11.5. The zero-order chi connectivity index (χ0) is 17.3. The fourth-order valence-electron chi connectivity index (χ4n) is 3.32. The Bertz CT molecular complexity index is 796. The summed E-state index contributed by atoms with van der Waals surface area (Å²) in [4.78, 5) is 0. The first-order valence-electron chi connectivity index (χ1n) is 8.51. The normalized spacial score (nSPS) is 13.4. The zero-order valence-corrected chi connectivity index (χ0v) is 21.3. The van der Waals surface area contributed by atoms with E-state index in [4.69, 9.17) is 0 Å². The maximum absolute atomic E-state index is 3.47. The van der Waals surface area contributed by atoms with Gasteiger partial charge in [0.25, 0.3) is 0 Å². The van der Waals surface area contributed by atoms with E-state index in [1.54, 1.807) is 0 Å². The average molecular weight is 495 g/mol. The van der Waals surface area contributed by atoms with Crippen molar-refractivity contribution in [2.75, 3.05) is 0 Å². The summed E-state index contributed by atoms with van der Waals surface area (Å²) in [5.74, 6) is 4.62. The molecule has 1 heterocycles. The van der Waals surface area contributed by atoms with Crippen molar-refractivity contribution in [1.82, 2.24) is 0 Å². The number of allylic oxidation sites excluding steroid dienone is 1. The van der Waals surface area contributed by atoms with Crippen molar-refractivity contribution in [3.05, 3.63) is 93.0 Å². The van der Waals surface area contributed by atoms with Crippen LogP contribution in [0.2, 0.25) is 0 Å². The van der Waals surface area contributed by atoms with Gasteiger partial charge in [-0.2, -0.15) is 33.4 Å². The third-order valence-electron chi connectivity index (χ3n) is 5.43. The minimum Gasteiger partial charge on any atom is -1.00 e. The standard InChI is InChI=1S/C13H10P.C10H15.2ClH.Zr/c1-2-6-12-11(5-1)7-8-13(12)14-9-3-4-10-14;1-6-7(2)9(4)10(5)8(6)3;;;/h1-7,9-10,13H;1-5H3;2*1H;/q2*-1;;;+4/p-2. The Morgan fingerprint density at radius 3 is 1.85 bits per heavy atom. The van der Waals surface area contributed by atoms with Crippen molar-refractivity contribution in [1.29, 1.82) is 0 Å². The molecule has 0 aliphatic heterocycles. The minimum atomic E-state index is -0.136. The number of rotatable bonds is 1. The molecule has 0 saturated heterocycles. The summed E-state index contributed by atoms with van der Waals surface area (Å²) in [5, 5.41) is 0. The van der Waals surface area contributed by atoms with E-state index in [-0.39, 0.29) is 58.6 Å². The second-order valence-corrected chi connectivity index (χ2v) is 8.60. The summed E-state index contributed by atoms with van der Waals surface area (Å²) in [6, 6.07) is 12.9. The van der Waals surface area contributed by atoms with E-state index in [9.17, 15) is 0 Å². The molecule has 0 fully saturated rings. The van der Waals surface area contributed by atoms with E-state index in [1.807, 2.05) is 0 Å². The maximum atomic E-state index is 3.47. The molecule has 1 aromatic heterocycles. The Balaban J connectivity index is 0.000000473. The molecule has 0 N–H and O–H groups in total. The Hall–Kier alpha value is -0.447. The Kier molecular flexibility index (Phi) is 11.3. The molecule has 27 heavy (non-hydrogen) atoms. The van der Waals surface area contributed by atoms with Gasteiger partial charge in [-0.05, 0) is 17.3 Å². The quantitative estimate of drug-likeness (QED) is 0.444. The molecule has 2 aromatic carbocycles. The molecule has 0 nitrogen and oxygen atoms in total. The monoisotopic (exact) mass is 492 g/mol. The van der Waals surface area contributed by atoms with Crippen LogP contribution in [0.3, 0.4) is 0 Å². The smallest absolute Gasteiger partial charge is 1.00 e. The van der Waals surface area contributed by atoms with Crippen LogP contribution in [-0.4, -0.2) is 0 Å². The maximum Gasteiger partial charge on any atom is 4.00 e. The van der Waals surface area contributed by atoms with Crippen molar-refractivity contribution in [3.8, 4) is 0 Å². The number of halogens is 2. The van der Waals surface area contributed by atoms with Gasteiger partial charge in [-0.15, -0.1) is 19.2 Å². The van der Waals surface area contributed by atoms with Gasteiger partial charge < -0.3 is 24.8 Å². The van der Waals surface area contributed by atoms with Gasteiger partial charge in [0.1, 0.15) is 0 Å². The number of hydrogen-bond donors (Lipinski definition) is 0. The second-order valence-electron chi connectivity index (χ2n) is 6.60. The first kappa shape index (κ1) is 26.6. The number of fused-ring (bicyclic) bond motifs is 1. The van der Waals surface area contributed by atoms with Crippen molar-refractivity contribution >= 4 is 13.6 Å². The van der Waals surface area contributed by atoms with E-state index in [0.717, 1.165) is 0 Å². The number of hydrogen-bond acceptors (Lipinski definition) is 0. The molecule has 140 valence electrons. The molecule has 0 amide bonds. The van der Waals surface area contributed by atoms with Gasteiger partial charge >= 0.3 is 26.2 Å². The Morgan fingerprint density at radius 2 is 1.37 bits per heavy atom. The summed E-state index contributed by atoms with van der Waals surface area (Å²) in [6.45, 7) is 11.0. The predicted molar refractivity (Wildman–Crippen MR) is 107 cm³/mol. The van der Waals surface area contributed by atoms with Crippen molar-refractivity contribution in [2.24, 2.45) is 0 Å². The molecular formula is C23H25Cl2PZr. The van der Waals surface area contributed by atoms with Crippen molar-refractivity contribution in [3.63, 3.8) is 0 Å². The Labute approximate surface area is 196 Å². The summed E-state index contributed by atoms with van der Waals surface area (Å²) in [5.41, 5.74) is 10.6. The molecule has 0 bridgehead atoms. The van der Waals surface area contributed by atoms with Gasteiger partial charge in [-0.3, -0.25) is 6.08 Å². The minimum absolute atomic E-state index is 0. The van der Waals surface area contributed by atoms with Gasteiger partial charge in [0, 0.05) is 0 Å². The van der Waals surface area contributed by atoms with Crippen LogP contribution in [-0.2, 0) is 26.2 Å². The first-order valence-corrected chi connectivity index (χ1v) is 10.1. The van der Waals surface area contributed by atoms with Crippen LogP contribution >= 0.6 is 7.53 Å². The molecule has 0 spiro atoms. The van der Waals surface area contributed by atoms with Crippen LogP contribution in [0.4, 0.5) is 0 Å². The van der Waals surface area contributed by atoms with Crippen LogP contribution in [0.5, 0.6) is 0 Å². The summed E-state index contributed by atoms with van der Waals surface area (Å²) in [6.07, 6.45) is 5.59. The molecule has 1 aliphatic carbocycles. The van der Waals surface area contributed by atoms with Crippen LogP contribution in [0.15, 0.2) is 48.0 Å². The largest absolute Gasteiger partial charge is 4.00 e. The summed E-state index contributed by atoms with van der Waals surface area (Å²) >= 11 is 0. The third-order valence-corrected chi connectivity index (χ3v) is 7.48.